The van der Waals surface area contributed by atoms with Gasteiger partial charge in [0.1, 0.15) is 5.75 Å². The van der Waals surface area contributed by atoms with Crippen molar-refractivity contribution in [2.75, 3.05) is 19.5 Å². The third kappa shape index (κ3) is 4.32. The molecule has 0 aliphatic rings. The summed E-state index contributed by atoms with van der Waals surface area (Å²) >= 11 is 1.21. The van der Waals surface area contributed by atoms with Gasteiger partial charge in [-0.05, 0) is 61.0 Å². The van der Waals surface area contributed by atoms with E-state index in [2.05, 4.69) is 20.5 Å². The van der Waals surface area contributed by atoms with Crippen molar-refractivity contribution in [2.45, 2.75) is 25.9 Å². The van der Waals surface area contributed by atoms with Gasteiger partial charge in [-0.15, -0.1) is 5.10 Å². The smallest absolute Gasteiger partial charge is 0.340 e. The average molecular weight is 415 g/mol. The molecule has 0 aliphatic carbocycles. The molecule has 3 rings (SSSR count). The van der Waals surface area contributed by atoms with Gasteiger partial charge in [-0.2, -0.15) is 4.68 Å². The van der Waals surface area contributed by atoms with Gasteiger partial charge >= 0.3 is 5.97 Å². The van der Waals surface area contributed by atoms with Crippen LogP contribution in [0.25, 0.3) is 5.69 Å². The molecule has 0 aliphatic heterocycles. The third-order valence-electron chi connectivity index (χ3n) is 4.29. The zero-order valence-electron chi connectivity index (χ0n) is 16.6. The van der Waals surface area contributed by atoms with Crippen LogP contribution in [0.3, 0.4) is 0 Å². The summed E-state index contributed by atoms with van der Waals surface area (Å²) in [7, 11) is 1.59. The van der Waals surface area contributed by atoms with E-state index < -0.39 is 5.97 Å². The Morgan fingerprint density at radius 1 is 1.21 bits per heavy atom. The first kappa shape index (κ1) is 20.6. The minimum Gasteiger partial charge on any atom is -0.497 e. The van der Waals surface area contributed by atoms with Crippen LogP contribution in [0.5, 0.6) is 5.75 Å². The molecule has 2 heterocycles. The minimum absolute atomic E-state index is 0.111. The summed E-state index contributed by atoms with van der Waals surface area (Å²) in [6, 6.07) is 7.26. The lowest BCUT2D eigenvalue weighted by Gasteiger charge is -2.05. The summed E-state index contributed by atoms with van der Waals surface area (Å²) in [6.45, 7) is 5.49. The number of ketones is 1. The number of hydrogen-bond acceptors (Lipinski definition) is 8. The van der Waals surface area contributed by atoms with Gasteiger partial charge in [-0.1, -0.05) is 11.8 Å². The van der Waals surface area contributed by atoms with E-state index in [1.54, 1.807) is 44.7 Å². The van der Waals surface area contributed by atoms with Crippen LogP contribution in [0.4, 0.5) is 0 Å². The highest BCUT2D eigenvalue weighted by Gasteiger charge is 2.23. The first-order valence-electron chi connectivity index (χ1n) is 8.91. The maximum Gasteiger partial charge on any atom is 0.340 e. The molecule has 1 aromatic carbocycles. The molecule has 0 spiro atoms. The summed E-state index contributed by atoms with van der Waals surface area (Å²) in [5.41, 5.74) is 2.74. The molecule has 0 atom stereocenters. The second kappa shape index (κ2) is 8.91. The molecular weight excluding hydrogens is 394 g/mol. The highest BCUT2D eigenvalue weighted by molar-refractivity contribution is 7.99. The SMILES string of the molecule is CCOC(=O)c1c(C)[nH]c(C(=O)CSc2nnnn2-c2ccc(OC)cc2)c1C. The van der Waals surface area contributed by atoms with Crippen LogP contribution >= 0.6 is 11.8 Å². The number of rotatable bonds is 8. The molecule has 0 saturated carbocycles. The highest BCUT2D eigenvalue weighted by atomic mass is 32.2. The van der Waals surface area contributed by atoms with E-state index in [4.69, 9.17) is 9.47 Å². The number of thioether (sulfide) groups is 1. The lowest BCUT2D eigenvalue weighted by Crippen LogP contribution is -2.09. The molecule has 0 fully saturated rings. The molecule has 29 heavy (non-hydrogen) atoms. The zero-order valence-corrected chi connectivity index (χ0v) is 17.4. The Hall–Kier alpha value is -3.14. The Balaban J connectivity index is 1.75. The van der Waals surface area contributed by atoms with Gasteiger partial charge in [-0.3, -0.25) is 4.79 Å². The predicted molar refractivity (Wildman–Crippen MR) is 107 cm³/mol. The van der Waals surface area contributed by atoms with Crippen LogP contribution in [-0.4, -0.2) is 56.4 Å². The van der Waals surface area contributed by atoms with E-state index in [0.717, 1.165) is 11.4 Å². The molecule has 152 valence electrons. The third-order valence-corrected chi connectivity index (χ3v) is 5.21. The van der Waals surface area contributed by atoms with Crippen molar-refractivity contribution >= 4 is 23.5 Å². The Kier molecular flexibility index (Phi) is 6.32. The number of benzene rings is 1. The molecular formula is C19H21N5O4S. The van der Waals surface area contributed by atoms with Crippen molar-refractivity contribution < 1.29 is 19.1 Å². The Morgan fingerprint density at radius 2 is 1.93 bits per heavy atom. The van der Waals surface area contributed by atoms with Gasteiger partial charge in [0.25, 0.3) is 0 Å². The number of esters is 1. The van der Waals surface area contributed by atoms with E-state index >= 15 is 0 Å². The fourth-order valence-electron chi connectivity index (χ4n) is 2.89. The average Bonchev–Trinajstić information content (AvgIpc) is 3.30. The first-order chi connectivity index (χ1) is 14.0. The fourth-order valence-corrected chi connectivity index (χ4v) is 3.66. The lowest BCUT2D eigenvalue weighted by atomic mass is 10.1. The number of carbonyl (C=O) groups is 2. The monoisotopic (exact) mass is 415 g/mol. The second-order valence-corrected chi connectivity index (χ2v) is 7.07. The van der Waals surface area contributed by atoms with E-state index in [1.165, 1.54) is 11.8 Å². The maximum atomic E-state index is 12.7. The zero-order chi connectivity index (χ0) is 21.0. The van der Waals surface area contributed by atoms with Crippen LogP contribution < -0.4 is 4.74 Å². The number of H-pyrrole nitrogens is 1. The molecule has 10 heteroatoms. The number of carbonyl (C=O) groups excluding carboxylic acids is 2. The number of hydrogen-bond donors (Lipinski definition) is 1. The number of aromatic nitrogens is 5. The van der Waals surface area contributed by atoms with E-state index in [1.807, 2.05) is 12.1 Å². The largest absolute Gasteiger partial charge is 0.497 e. The predicted octanol–water partition coefficient (Wildman–Crippen LogP) is 2.77. The fraction of sp³-hybridized carbons (Fsp3) is 0.316. The van der Waals surface area contributed by atoms with Crippen molar-refractivity contribution in [3.63, 3.8) is 0 Å². The Bertz CT molecular complexity index is 1030. The van der Waals surface area contributed by atoms with E-state index in [0.29, 0.717) is 27.7 Å². The van der Waals surface area contributed by atoms with Gasteiger partial charge in [0.15, 0.2) is 5.78 Å². The van der Waals surface area contributed by atoms with Gasteiger partial charge in [0, 0.05) is 5.69 Å². The molecule has 0 unspecified atom stereocenters. The van der Waals surface area contributed by atoms with Gasteiger partial charge in [0.2, 0.25) is 5.16 Å². The van der Waals surface area contributed by atoms with Gasteiger partial charge < -0.3 is 14.5 Å². The van der Waals surface area contributed by atoms with Crippen molar-refractivity contribution in [2.24, 2.45) is 0 Å². The molecule has 0 amide bonds. The van der Waals surface area contributed by atoms with E-state index in [9.17, 15) is 9.59 Å². The highest BCUT2D eigenvalue weighted by Crippen LogP contribution is 2.24. The minimum atomic E-state index is -0.436. The van der Waals surface area contributed by atoms with Crippen LogP contribution in [0.2, 0.25) is 0 Å². The van der Waals surface area contributed by atoms with Crippen LogP contribution in [-0.2, 0) is 4.74 Å². The normalized spacial score (nSPS) is 10.8. The van der Waals surface area contributed by atoms with Gasteiger partial charge in [-0.25, -0.2) is 4.79 Å². The molecule has 0 saturated heterocycles. The van der Waals surface area contributed by atoms with Gasteiger partial charge in [0.05, 0.1) is 36.4 Å². The summed E-state index contributed by atoms with van der Waals surface area (Å²) in [5.74, 6) is 0.241. The first-order valence-corrected chi connectivity index (χ1v) is 9.89. The standard InChI is InChI=1S/C19H21N5O4S/c1-5-28-18(26)16-11(2)17(20-12(16)3)15(25)10-29-19-21-22-23-24(19)13-6-8-14(27-4)9-7-13/h6-9,20H,5,10H2,1-4H3. The van der Waals surface area contributed by atoms with Crippen LogP contribution in [0.15, 0.2) is 29.4 Å². The number of methoxy groups -OCH3 is 1. The van der Waals surface area contributed by atoms with Crippen LogP contribution in [0.1, 0.15) is 39.0 Å². The van der Waals surface area contributed by atoms with Crippen molar-refractivity contribution in [1.29, 1.82) is 0 Å². The molecule has 0 bridgehead atoms. The molecule has 2 aromatic heterocycles. The summed E-state index contributed by atoms with van der Waals surface area (Å²) in [5, 5.41) is 12.2. The maximum absolute atomic E-state index is 12.7. The number of nitrogens with zero attached hydrogens (tertiary/aromatic N) is 4. The number of ether oxygens (including phenoxy) is 2. The topological polar surface area (TPSA) is 112 Å². The van der Waals surface area contributed by atoms with Crippen LogP contribution in [0, 0.1) is 13.8 Å². The number of nitrogens with one attached hydrogen (secondary N) is 1. The second-order valence-electron chi connectivity index (χ2n) is 6.13. The number of tetrazole rings is 1. The van der Waals surface area contributed by atoms with E-state index in [-0.39, 0.29) is 18.1 Å². The Morgan fingerprint density at radius 3 is 2.59 bits per heavy atom. The number of Topliss-reactive ketones (excluding diaryl/α,β-unsaturated/α-hetero) is 1. The number of aromatic amines is 1. The quantitative estimate of drug-likeness (QED) is 0.340. The summed E-state index contributed by atoms with van der Waals surface area (Å²) in [6.07, 6.45) is 0. The number of aryl methyl sites for hydroxylation is 1. The molecule has 0 radical (unpaired) electrons. The van der Waals surface area contributed by atoms with Crippen molar-refractivity contribution in [3.05, 3.63) is 46.8 Å². The summed E-state index contributed by atoms with van der Waals surface area (Å²) in [4.78, 5) is 27.9. The summed E-state index contributed by atoms with van der Waals surface area (Å²) < 4.78 is 11.8. The molecule has 3 aromatic rings. The molecule has 9 nitrogen and oxygen atoms in total. The van der Waals surface area contributed by atoms with Crippen molar-refractivity contribution in [1.82, 2.24) is 25.2 Å². The molecule has 1 N–H and O–H groups in total. The van der Waals surface area contributed by atoms with Crippen molar-refractivity contribution in [3.8, 4) is 11.4 Å². The lowest BCUT2D eigenvalue weighted by molar-refractivity contribution is 0.0525. The Labute approximate surface area is 171 Å².